The van der Waals surface area contributed by atoms with Gasteiger partial charge in [-0.2, -0.15) is 0 Å². The van der Waals surface area contributed by atoms with Gasteiger partial charge in [0, 0.05) is 22.4 Å². The van der Waals surface area contributed by atoms with Gasteiger partial charge in [-0.25, -0.2) is 15.6 Å². The molecular weight excluding hydrogens is 348 g/mol. The van der Waals surface area contributed by atoms with Crippen LogP contribution >= 0.6 is 15.9 Å². The molecule has 0 saturated carbocycles. The molecule has 0 spiro atoms. The minimum absolute atomic E-state index is 0.298. The first-order valence-corrected chi connectivity index (χ1v) is 7.51. The lowest BCUT2D eigenvalue weighted by atomic mass is 10.1. The van der Waals surface area contributed by atoms with Crippen LogP contribution in [0.1, 0.15) is 22.8 Å². The van der Waals surface area contributed by atoms with E-state index in [0.717, 1.165) is 15.7 Å². The number of carbonyl (C=O) groups excluding carboxylic acids is 1. The first kappa shape index (κ1) is 16.3. The van der Waals surface area contributed by atoms with Crippen molar-refractivity contribution in [1.29, 1.82) is 0 Å². The number of aromatic nitrogens is 1. The molecule has 7 heteroatoms. The maximum Gasteiger partial charge on any atom is 0.341 e. The molecule has 0 radical (unpaired) electrons. The van der Waals surface area contributed by atoms with Crippen LogP contribution in [0.3, 0.4) is 0 Å². The van der Waals surface area contributed by atoms with E-state index >= 15 is 0 Å². The number of nitrogen functional groups attached to an aromatic ring is 1. The molecule has 1 aromatic carbocycles. The number of nitrogens with one attached hydrogen (secondary N) is 2. The number of nitrogens with zero attached hydrogens (tertiary/aromatic N) is 1. The van der Waals surface area contributed by atoms with Crippen molar-refractivity contribution in [2.75, 3.05) is 17.3 Å². The van der Waals surface area contributed by atoms with Gasteiger partial charge in [-0.1, -0.05) is 15.9 Å². The summed E-state index contributed by atoms with van der Waals surface area (Å²) < 4.78 is 6.04. The normalized spacial score (nSPS) is 10.2. The number of carbonyl (C=O) groups is 1. The van der Waals surface area contributed by atoms with Gasteiger partial charge in [-0.15, -0.1) is 0 Å². The van der Waals surface area contributed by atoms with Crippen molar-refractivity contribution >= 4 is 39.1 Å². The van der Waals surface area contributed by atoms with Crippen LogP contribution in [0.5, 0.6) is 0 Å². The van der Waals surface area contributed by atoms with Crippen molar-refractivity contribution in [2.24, 2.45) is 5.84 Å². The van der Waals surface area contributed by atoms with Crippen LogP contribution in [0.4, 0.5) is 17.2 Å². The average Bonchev–Trinajstić information content (AvgIpc) is 2.50. The highest BCUT2D eigenvalue weighted by molar-refractivity contribution is 9.10. The Bertz CT molecular complexity index is 691. The Labute approximate surface area is 137 Å². The molecule has 0 fully saturated rings. The zero-order valence-electron chi connectivity index (χ0n) is 12.3. The third-order valence-corrected chi connectivity index (χ3v) is 3.50. The summed E-state index contributed by atoms with van der Waals surface area (Å²) in [5.74, 6) is 5.40. The maximum absolute atomic E-state index is 12.0. The van der Waals surface area contributed by atoms with Crippen LogP contribution in [0.15, 0.2) is 34.9 Å². The number of pyridine rings is 1. The zero-order valence-corrected chi connectivity index (χ0v) is 13.9. The highest BCUT2D eigenvalue weighted by atomic mass is 79.9. The topological polar surface area (TPSA) is 89.3 Å². The fourth-order valence-electron chi connectivity index (χ4n) is 1.92. The van der Waals surface area contributed by atoms with Gasteiger partial charge in [-0.05, 0) is 37.6 Å². The molecule has 1 aromatic heterocycles. The molecule has 6 nitrogen and oxygen atoms in total. The number of benzene rings is 1. The third-order valence-electron chi connectivity index (χ3n) is 3.00. The van der Waals surface area contributed by atoms with Gasteiger partial charge >= 0.3 is 5.97 Å². The summed E-state index contributed by atoms with van der Waals surface area (Å²) in [6.07, 6.45) is 1.43. The molecule has 22 heavy (non-hydrogen) atoms. The molecule has 116 valence electrons. The summed E-state index contributed by atoms with van der Waals surface area (Å²) in [5.41, 5.74) is 5.30. The van der Waals surface area contributed by atoms with Gasteiger partial charge in [0.15, 0.2) is 0 Å². The van der Waals surface area contributed by atoms with Crippen molar-refractivity contribution in [3.05, 3.63) is 46.1 Å². The second-order valence-electron chi connectivity index (χ2n) is 4.56. The second kappa shape index (κ2) is 7.24. The standard InChI is InChI=1S/C15H17BrN4O2/c1-3-22-15(21)11-8-18-14(20-17)7-13(11)19-12-5-4-10(16)6-9(12)2/h4-8H,3,17H2,1-2H3,(H2,18,19,20). The van der Waals surface area contributed by atoms with E-state index in [9.17, 15) is 4.79 Å². The van der Waals surface area contributed by atoms with Crippen LogP contribution in [0, 0.1) is 6.92 Å². The van der Waals surface area contributed by atoms with E-state index < -0.39 is 5.97 Å². The van der Waals surface area contributed by atoms with Crippen LogP contribution < -0.4 is 16.6 Å². The highest BCUT2D eigenvalue weighted by Crippen LogP contribution is 2.27. The van der Waals surface area contributed by atoms with Gasteiger partial charge in [0.05, 0.1) is 12.3 Å². The number of nitrogens with two attached hydrogens (primary N) is 1. The molecule has 2 aromatic rings. The number of halogens is 1. The van der Waals surface area contributed by atoms with E-state index in [2.05, 4.69) is 31.7 Å². The van der Waals surface area contributed by atoms with E-state index in [4.69, 9.17) is 10.6 Å². The first-order valence-electron chi connectivity index (χ1n) is 6.72. The summed E-state index contributed by atoms with van der Waals surface area (Å²) in [4.78, 5) is 16.1. The van der Waals surface area contributed by atoms with Gasteiger partial charge in [0.2, 0.25) is 0 Å². The molecule has 0 saturated heterocycles. The Morgan fingerprint density at radius 3 is 2.77 bits per heavy atom. The van der Waals surface area contributed by atoms with Crippen LogP contribution in [0.25, 0.3) is 0 Å². The van der Waals surface area contributed by atoms with E-state index in [0.29, 0.717) is 23.7 Å². The van der Waals surface area contributed by atoms with E-state index in [1.165, 1.54) is 6.20 Å². The summed E-state index contributed by atoms with van der Waals surface area (Å²) in [6.45, 7) is 4.03. The summed E-state index contributed by atoms with van der Waals surface area (Å²) >= 11 is 3.42. The predicted molar refractivity (Wildman–Crippen MR) is 90.2 cm³/mol. The summed E-state index contributed by atoms with van der Waals surface area (Å²) in [5, 5.41) is 3.22. The minimum atomic E-state index is -0.434. The molecule has 1 heterocycles. The van der Waals surface area contributed by atoms with E-state index in [-0.39, 0.29) is 0 Å². The fourth-order valence-corrected chi connectivity index (χ4v) is 2.40. The smallest absolute Gasteiger partial charge is 0.341 e. The van der Waals surface area contributed by atoms with Crippen molar-refractivity contribution in [3.63, 3.8) is 0 Å². The highest BCUT2D eigenvalue weighted by Gasteiger charge is 2.15. The predicted octanol–water partition coefficient (Wildman–Crippen LogP) is 3.36. The number of ether oxygens (including phenoxy) is 1. The monoisotopic (exact) mass is 364 g/mol. The largest absolute Gasteiger partial charge is 0.462 e. The van der Waals surface area contributed by atoms with Crippen molar-refractivity contribution in [1.82, 2.24) is 4.98 Å². The van der Waals surface area contributed by atoms with Crippen LogP contribution in [0.2, 0.25) is 0 Å². The average molecular weight is 365 g/mol. The Balaban J connectivity index is 2.40. The molecule has 0 aliphatic heterocycles. The Kier molecular flexibility index (Phi) is 5.35. The lowest BCUT2D eigenvalue weighted by Crippen LogP contribution is -2.13. The lowest BCUT2D eigenvalue weighted by molar-refractivity contribution is 0.0527. The van der Waals surface area contributed by atoms with Gasteiger partial charge in [0.1, 0.15) is 11.4 Å². The number of esters is 1. The molecule has 0 amide bonds. The molecule has 0 aliphatic rings. The first-order chi connectivity index (χ1) is 10.5. The number of hydrazine groups is 1. The van der Waals surface area contributed by atoms with Crippen molar-refractivity contribution < 1.29 is 9.53 Å². The number of anilines is 3. The van der Waals surface area contributed by atoms with Gasteiger partial charge in [0.25, 0.3) is 0 Å². The molecule has 4 N–H and O–H groups in total. The molecule has 0 aliphatic carbocycles. The Morgan fingerprint density at radius 1 is 1.36 bits per heavy atom. The molecule has 2 rings (SSSR count). The fraction of sp³-hybridized carbons (Fsp3) is 0.200. The van der Waals surface area contributed by atoms with E-state index in [1.54, 1.807) is 13.0 Å². The number of hydrogen-bond donors (Lipinski definition) is 3. The Hall–Kier alpha value is -2.12. The maximum atomic E-state index is 12.0. The van der Waals surface area contributed by atoms with E-state index in [1.807, 2.05) is 25.1 Å². The Morgan fingerprint density at radius 2 is 2.14 bits per heavy atom. The summed E-state index contributed by atoms with van der Waals surface area (Å²) in [7, 11) is 0. The zero-order chi connectivity index (χ0) is 16.1. The minimum Gasteiger partial charge on any atom is -0.462 e. The summed E-state index contributed by atoms with van der Waals surface area (Å²) in [6, 6.07) is 7.48. The van der Waals surface area contributed by atoms with Crippen LogP contribution in [-0.4, -0.2) is 17.6 Å². The number of hydrogen-bond acceptors (Lipinski definition) is 6. The SMILES string of the molecule is CCOC(=O)c1cnc(NN)cc1Nc1ccc(Br)cc1C. The molecule has 0 atom stereocenters. The lowest BCUT2D eigenvalue weighted by Gasteiger charge is -2.14. The third kappa shape index (κ3) is 3.75. The number of rotatable bonds is 5. The second-order valence-corrected chi connectivity index (χ2v) is 5.48. The van der Waals surface area contributed by atoms with Crippen molar-refractivity contribution in [3.8, 4) is 0 Å². The molecule has 0 bridgehead atoms. The number of aryl methyl sites for hydroxylation is 1. The van der Waals surface area contributed by atoms with Gasteiger partial charge < -0.3 is 15.5 Å². The quantitative estimate of drug-likeness (QED) is 0.428. The van der Waals surface area contributed by atoms with Crippen molar-refractivity contribution in [2.45, 2.75) is 13.8 Å². The van der Waals surface area contributed by atoms with Crippen LogP contribution in [-0.2, 0) is 4.74 Å². The van der Waals surface area contributed by atoms with Gasteiger partial charge in [-0.3, -0.25) is 0 Å². The molecular formula is C15H17BrN4O2. The molecule has 0 unspecified atom stereocenters.